The Bertz CT molecular complexity index is 687. The number of halogens is 3. The van der Waals surface area contributed by atoms with Crippen LogP contribution in [0.15, 0.2) is 22.9 Å². The Morgan fingerprint density at radius 3 is 2.74 bits per heavy atom. The number of anilines is 1. The Hall–Kier alpha value is -2.16. The zero-order valence-corrected chi connectivity index (χ0v) is 12.7. The van der Waals surface area contributed by atoms with Crippen LogP contribution in [0, 0.1) is 6.92 Å². The number of aromatic nitrogens is 3. The van der Waals surface area contributed by atoms with Gasteiger partial charge in [0.15, 0.2) is 5.82 Å². The van der Waals surface area contributed by atoms with Crippen LogP contribution in [-0.2, 0) is 6.18 Å². The molecule has 2 aromatic rings. The Balaban J connectivity index is 1.90. The van der Waals surface area contributed by atoms with Crippen LogP contribution < -0.4 is 4.90 Å². The lowest BCUT2D eigenvalue weighted by atomic mass is 10.1. The van der Waals surface area contributed by atoms with Crippen molar-refractivity contribution in [2.24, 2.45) is 0 Å². The van der Waals surface area contributed by atoms with Gasteiger partial charge in [-0.15, -0.1) is 0 Å². The van der Waals surface area contributed by atoms with E-state index in [4.69, 9.17) is 4.52 Å². The molecule has 0 saturated carbocycles. The van der Waals surface area contributed by atoms with Gasteiger partial charge in [-0.25, -0.2) is 4.98 Å². The molecular formula is C14H16F3N5O. The van der Waals surface area contributed by atoms with Crippen molar-refractivity contribution in [1.82, 2.24) is 20.0 Å². The second-order valence-electron chi connectivity index (χ2n) is 5.49. The van der Waals surface area contributed by atoms with Gasteiger partial charge in [-0.3, -0.25) is 4.90 Å². The van der Waals surface area contributed by atoms with Crippen molar-refractivity contribution >= 4 is 5.82 Å². The lowest BCUT2D eigenvalue weighted by Crippen LogP contribution is -2.47. The summed E-state index contributed by atoms with van der Waals surface area (Å²) < 4.78 is 44.7. The van der Waals surface area contributed by atoms with E-state index in [1.54, 1.807) is 11.8 Å². The van der Waals surface area contributed by atoms with E-state index < -0.39 is 11.7 Å². The van der Waals surface area contributed by atoms with E-state index >= 15 is 0 Å². The molecule has 0 aliphatic carbocycles. The van der Waals surface area contributed by atoms with Crippen LogP contribution in [0.4, 0.5) is 19.0 Å². The maximum Gasteiger partial charge on any atom is 0.419 e. The number of aryl methyl sites for hydroxylation is 1. The third-order valence-electron chi connectivity index (χ3n) is 3.87. The molecule has 9 heteroatoms. The van der Waals surface area contributed by atoms with Crippen LogP contribution in [0.2, 0.25) is 0 Å². The second-order valence-corrected chi connectivity index (χ2v) is 5.49. The van der Waals surface area contributed by atoms with Crippen molar-refractivity contribution in [3.8, 4) is 0 Å². The van der Waals surface area contributed by atoms with Gasteiger partial charge in [0.05, 0.1) is 5.56 Å². The van der Waals surface area contributed by atoms with Crippen molar-refractivity contribution in [2.75, 3.05) is 31.6 Å². The van der Waals surface area contributed by atoms with E-state index in [9.17, 15) is 13.2 Å². The van der Waals surface area contributed by atoms with Gasteiger partial charge in [0.25, 0.3) is 0 Å². The quantitative estimate of drug-likeness (QED) is 0.843. The molecule has 1 fully saturated rings. The molecule has 3 rings (SSSR count). The van der Waals surface area contributed by atoms with Crippen LogP contribution in [0.25, 0.3) is 0 Å². The van der Waals surface area contributed by atoms with Crippen LogP contribution in [0.3, 0.4) is 0 Å². The van der Waals surface area contributed by atoms with E-state index in [0.717, 1.165) is 6.07 Å². The smallest absolute Gasteiger partial charge is 0.353 e. The van der Waals surface area contributed by atoms with E-state index in [1.165, 1.54) is 12.3 Å². The molecule has 1 atom stereocenters. The average Bonchev–Trinajstić information content (AvgIpc) is 2.93. The van der Waals surface area contributed by atoms with E-state index in [0.29, 0.717) is 31.3 Å². The molecule has 6 nitrogen and oxygen atoms in total. The molecule has 1 saturated heterocycles. The van der Waals surface area contributed by atoms with Crippen LogP contribution >= 0.6 is 0 Å². The van der Waals surface area contributed by atoms with Gasteiger partial charge in [-0.2, -0.15) is 18.2 Å². The summed E-state index contributed by atoms with van der Waals surface area (Å²) in [6, 6.07) is 2.07. The summed E-state index contributed by atoms with van der Waals surface area (Å²) in [6.45, 7) is 3.02. The minimum atomic E-state index is -4.44. The molecule has 0 radical (unpaired) electrons. The highest BCUT2D eigenvalue weighted by Crippen LogP contribution is 2.36. The SMILES string of the molecule is Cc1noc([C@@H]2CN(c3ncccc3C(F)(F)F)CCN2C)n1. The molecule has 0 amide bonds. The van der Waals surface area contributed by atoms with Crippen molar-refractivity contribution < 1.29 is 17.7 Å². The van der Waals surface area contributed by atoms with Crippen LogP contribution in [0.1, 0.15) is 23.3 Å². The highest BCUT2D eigenvalue weighted by molar-refractivity contribution is 5.49. The van der Waals surface area contributed by atoms with Crippen molar-refractivity contribution in [1.29, 1.82) is 0 Å². The number of hydrogen-bond donors (Lipinski definition) is 0. The fourth-order valence-electron chi connectivity index (χ4n) is 2.65. The highest BCUT2D eigenvalue weighted by atomic mass is 19.4. The molecule has 0 N–H and O–H groups in total. The van der Waals surface area contributed by atoms with Gasteiger partial charge in [0.2, 0.25) is 5.89 Å². The molecule has 0 unspecified atom stereocenters. The largest absolute Gasteiger partial charge is 0.419 e. The zero-order chi connectivity index (χ0) is 16.6. The molecule has 23 heavy (non-hydrogen) atoms. The third kappa shape index (κ3) is 3.14. The Kier molecular flexibility index (Phi) is 3.97. The van der Waals surface area contributed by atoms with Gasteiger partial charge in [-0.1, -0.05) is 5.16 Å². The van der Waals surface area contributed by atoms with E-state index in [1.807, 2.05) is 11.9 Å². The third-order valence-corrected chi connectivity index (χ3v) is 3.87. The molecular weight excluding hydrogens is 311 g/mol. The molecule has 1 aliphatic heterocycles. The molecule has 124 valence electrons. The monoisotopic (exact) mass is 327 g/mol. The lowest BCUT2D eigenvalue weighted by Gasteiger charge is -2.38. The van der Waals surface area contributed by atoms with E-state index in [2.05, 4.69) is 15.1 Å². The number of likely N-dealkylation sites (N-methyl/N-ethyl adjacent to an activating group) is 1. The zero-order valence-electron chi connectivity index (χ0n) is 12.7. The van der Waals surface area contributed by atoms with Gasteiger partial charge in [-0.05, 0) is 26.1 Å². The lowest BCUT2D eigenvalue weighted by molar-refractivity contribution is -0.137. The molecule has 1 aliphatic rings. The number of nitrogens with zero attached hydrogens (tertiary/aromatic N) is 5. The standard InChI is InChI=1S/C14H16F3N5O/c1-9-19-13(23-20-9)11-8-22(7-6-21(11)2)12-10(14(15,16)17)4-3-5-18-12/h3-5,11H,6-8H2,1-2H3/t11-/m0/s1. The predicted molar refractivity (Wildman–Crippen MR) is 75.9 cm³/mol. The maximum atomic E-state index is 13.2. The maximum absolute atomic E-state index is 13.2. The molecule has 0 bridgehead atoms. The minimum absolute atomic E-state index is 0.0608. The number of pyridine rings is 1. The normalized spacial score (nSPS) is 20.0. The molecule has 3 heterocycles. The van der Waals surface area contributed by atoms with Gasteiger partial charge < -0.3 is 9.42 Å². The summed E-state index contributed by atoms with van der Waals surface area (Å²) in [5.74, 6) is 0.841. The van der Waals surface area contributed by atoms with Crippen LogP contribution in [0.5, 0.6) is 0 Å². The summed E-state index contributed by atoms with van der Waals surface area (Å²) in [4.78, 5) is 11.7. The summed E-state index contributed by atoms with van der Waals surface area (Å²) in [7, 11) is 1.88. The fraction of sp³-hybridized carbons (Fsp3) is 0.500. The minimum Gasteiger partial charge on any atom is -0.353 e. The van der Waals surface area contributed by atoms with Gasteiger partial charge >= 0.3 is 6.18 Å². The first-order valence-corrected chi connectivity index (χ1v) is 7.14. The first-order chi connectivity index (χ1) is 10.9. The topological polar surface area (TPSA) is 58.3 Å². The Morgan fingerprint density at radius 1 is 1.30 bits per heavy atom. The summed E-state index contributed by atoms with van der Waals surface area (Å²) in [6.07, 6.45) is -3.07. The Labute approximate surface area is 130 Å². The number of hydrogen-bond acceptors (Lipinski definition) is 6. The van der Waals surface area contributed by atoms with Gasteiger partial charge in [0.1, 0.15) is 11.9 Å². The van der Waals surface area contributed by atoms with Crippen LogP contribution in [-0.4, -0.2) is 46.7 Å². The fourth-order valence-corrected chi connectivity index (χ4v) is 2.65. The van der Waals surface area contributed by atoms with Crippen molar-refractivity contribution in [3.05, 3.63) is 35.6 Å². The van der Waals surface area contributed by atoms with Crippen molar-refractivity contribution in [2.45, 2.75) is 19.1 Å². The van der Waals surface area contributed by atoms with Gasteiger partial charge in [0, 0.05) is 25.8 Å². The molecule has 2 aromatic heterocycles. The predicted octanol–water partition coefficient (Wildman–Crippen LogP) is 2.28. The summed E-state index contributed by atoms with van der Waals surface area (Å²) >= 11 is 0. The number of rotatable bonds is 2. The first-order valence-electron chi connectivity index (χ1n) is 7.14. The molecule has 0 aromatic carbocycles. The Morgan fingerprint density at radius 2 is 2.09 bits per heavy atom. The van der Waals surface area contributed by atoms with E-state index in [-0.39, 0.29) is 11.9 Å². The summed E-state index contributed by atoms with van der Waals surface area (Å²) in [5, 5.41) is 3.75. The van der Waals surface area contributed by atoms with Crippen molar-refractivity contribution in [3.63, 3.8) is 0 Å². The molecule has 0 spiro atoms. The first kappa shape index (κ1) is 15.7. The second kappa shape index (κ2) is 5.80. The number of alkyl halides is 3. The summed E-state index contributed by atoms with van der Waals surface area (Å²) in [5.41, 5.74) is -0.731. The number of piperazine rings is 1. The average molecular weight is 327 g/mol. The highest BCUT2D eigenvalue weighted by Gasteiger charge is 2.38.